The molecule has 15 heteroatoms. The number of primary amides is 1. The number of carboxylic acid groups (broad SMARTS) is 1. The van der Waals surface area contributed by atoms with Crippen LogP contribution in [-0.4, -0.2) is 78.9 Å². The summed E-state index contributed by atoms with van der Waals surface area (Å²) in [6.45, 7) is 0. The summed E-state index contributed by atoms with van der Waals surface area (Å²) in [7, 11) is 0. The van der Waals surface area contributed by atoms with Crippen LogP contribution >= 0.6 is 0 Å². The Bertz CT molecular complexity index is 1670. The molecular weight excluding hydrogens is 596 g/mol. The lowest BCUT2D eigenvalue weighted by Crippen LogP contribution is -2.58. The molecule has 0 aliphatic heterocycles. The number of benzene rings is 2. The fourth-order valence-corrected chi connectivity index (χ4v) is 4.88. The van der Waals surface area contributed by atoms with E-state index in [9.17, 15) is 34.2 Å². The van der Waals surface area contributed by atoms with E-state index in [1.807, 2.05) is 24.3 Å². The van der Waals surface area contributed by atoms with Gasteiger partial charge in [0.1, 0.15) is 23.9 Å². The largest absolute Gasteiger partial charge is 0.508 e. The molecule has 0 aliphatic carbocycles. The number of phenolic OH excluding ortho intramolecular Hbond substituents is 1. The summed E-state index contributed by atoms with van der Waals surface area (Å²) in [5, 5.41) is 28.1. The Labute approximate surface area is 263 Å². The van der Waals surface area contributed by atoms with Crippen molar-refractivity contribution in [2.24, 2.45) is 11.5 Å². The number of aromatic amines is 2. The fourth-order valence-electron chi connectivity index (χ4n) is 4.88. The van der Waals surface area contributed by atoms with Gasteiger partial charge in [0.05, 0.1) is 12.4 Å². The summed E-state index contributed by atoms with van der Waals surface area (Å²) >= 11 is 0. The van der Waals surface area contributed by atoms with Gasteiger partial charge in [-0.2, -0.15) is 0 Å². The molecule has 2 heterocycles. The van der Waals surface area contributed by atoms with E-state index < -0.39 is 53.8 Å². The Hall–Kier alpha value is -5.70. The van der Waals surface area contributed by atoms with Crippen LogP contribution in [0.2, 0.25) is 0 Å². The molecule has 0 spiro atoms. The van der Waals surface area contributed by atoms with Crippen molar-refractivity contribution < 1.29 is 34.2 Å². The molecule has 15 nitrogen and oxygen atoms in total. The minimum atomic E-state index is -1.35. The topological polar surface area (TPSA) is 258 Å². The first-order valence-electron chi connectivity index (χ1n) is 14.5. The van der Waals surface area contributed by atoms with E-state index in [1.165, 1.54) is 24.7 Å². The van der Waals surface area contributed by atoms with Crippen molar-refractivity contribution >= 4 is 40.5 Å². The summed E-state index contributed by atoms with van der Waals surface area (Å²) in [5.41, 5.74) is 13.7. The number of hydrogen-bond acceptors (Lipinski definition) is 8. The third-order valence-corrected chi connectivity index (χ3v) is 7.37. The van der Waals surface area contributed by atoms with E-state index in [-0.39, 0.29) is 37.9 Å². The summed E-state index contributed by atoms with van der Waals surface area (Å²) in [6.07, 6.45) is 4.19. The Kier molecular flexibility index (Phi) is 11.1. The molecule has 2 aromatic carbocycles. The summed E-state index contributed by atoms with van der Waals surface area (Å²) in [6, 6.07) is 8.33. The van der Waals surface area contributed by atoms with Crippen LogP contribution in [-0.2, 0) is 43.2 Å². The molecule has 46 heavy (non-hydrogen) atoms. The molecule has 0 saturated heterocycles. The van der Waals surface area contributed by atoms with Crippen molar-refractivity contribution in [3.63, 3.8) is 0 Å². The van der Waals surface area contributed by atoms with Crippen molar-refractivity contribution in [2.45, 2.75) is 56.3 Å². The number of aliphatic carboxylic acids is 1. The van der Waals surface area contributed by atoms with E-state index in [1.54, 1.807) is 18.3 Å². The second-order valence-electron chi connectivity index (χ2n) is 10.8. The number of nitrogens with zero attached hydrogens (tertiary/aromatic N) is 1. The Morgan fingerprint density at radius 1 is 0.826 bits per heavy atom. The van der Waals surface area contributed by atoms with Crippen LogP contribution in [0, 0.1) is 0 Å². The van der Waals surface area contributed by atoms with Gasteiger partial charge in [-0.1, -0.05) is 30.3 Å². The van der Waals surface area contributed by atoms with Crippen LogP contribution in [0.5, 0.6) is 5.75 Å². The van der Waals surface area contributed by atoms with Crippen LogP contribution in [0.25, 0.3) is 10.9 Å². The zero-order valence-electron chi connectivity index (χ0n) is 24.7. The standard InChI is InChI=1S/C31H36N8O7/c32-22(9-10-27(33)41)28(42)37-25(12-18-14-35-23-4-2-1-3-21(18)23)30(44)38-24(11-17-5-7-20(40)8-6-17)29(43)39-26(31(45)46)13-19-15-34-16-36-19/h1-8,14-16,22,24-26,35,40H,9-13,32H2,(H2,33,41)(H,34,36)(H,37,42)(H,38,44)(H,39,43)(H,45,46). The summed E-state index contributed by atoms with van der Waals surface area (Å²) < 4.78 is 0. The van der Waals surface area contributed by atoms with Crippen LogP contribution < -0.4 is 27.4 Å². The SMILES string of the molecule is NC(=O)CCC(N)C(=O)NC(Cc1c[nH]c2ccccc12)C(=O)NC(Cc1ccc(O)cc1)C(=O)NC(Cc1cnc[nH]1)C(=O)O. The van der Waals surface area contributed by atoms with Crippen LogP contribution in [0.4, 0.5) is 0 Å². The highest BCUT2D eigenvalue weighted by Gasteiger charge is 2.31. The van der Waals surface area contributed by atoms with Gasteiger partial charge in [0.2, 0.25) is 23.6 Å². The second kappa shape index (κ2) is 15.3. The molecule has 242 valence electrons. The molecule has 4 rings (SSSR count). The molecule has 0 saturated carbocycles. The number of hydrogen-bond donors (Lipinski definition) is 9. The molecule has 0 radical (unpaired) electrons. The highest BCUT2D eigenvalue weighted by atomic mass is 16.4. The average Bonchev–Trinajstić information content (AvgIpc) is 3.69. The minimum absolute atomic E-state index is 0.00605. The highest BCUT2D eigenvalue weighted by Crippen LogP contribution is 2.20. The van der Waals surface area contributed by atoms with Gasteiger partial charge in [-0.15, -0.1) is 0 Å². The van der Waals surface area contributed by atoms with E-state index in [0.717, 1.165) is 10.9 Å². The van der Waals surface area contributed by atoms with Gasteiger partial charge in [-0.3, -0.25) is 19.2 Å². The van der Waals surface area contributed by atoms with Gasteiger partial charge in [0.25, 0.3) is 0 Å². The summed E-state index contributed by atoms with van der Waals surface area (Å²) in [5.74, 6) is -4.16. The van der Waals surface area contributed by atoms with Crippen LogP contribution in [0.15, 0.2) is 67.3 Å². The van der Waals surface area contributed by atoms with E-state index >= 15 is 0 Å². The number of carboxylic acids is 1. The predicted molar refractivity (Wildman–Crippen MR) is 166 cm³/mol. The number of para-hydroxylation sites is 1. The lowest BCUT2D eigenvalue weighted by Gasteiger charge is -2.25. The predicted octanol–water partition coefficient (Wildman–Crippen LogP) is -0.244. The van der Waals surface area contributed by atoms with Crippen molar-refractivity contribution in [1.82, 2.24) is 30.9 Å². The van der Waals surface area contributed by atoms with E-state index in [4.69, 9.17) is 11.5 Å². The molecule has 4 aromatic rings. The third kappa shape index (κ3) is 9.15. The second-order valence-corrected chi connectivity index (χ2v) is 10.8. The number of nitrogens with one attached hydrogen (secondary N) is 5. The quantitative estimate of drug-likeness (QED) is 0.0788. The van der Waals surface area contributed by atoms with Crippen LogP contribution in [0.1, 0.15) is 29.7 Å². The van der Waals surface area contributed by atoms with Gasteiger partial charge in [0.15, 0.2) is 0 Å². The number of carbonyl (C=O) groups excluding carboxylic acids is 4. The third-order valence-electron chi connectivity index (χ3n) is 7.37. The Morgan fingerprint density at radius 3 is 2.13 bits per heavy atom. The number of rotatable bonds is 16. The number of phenols is 1. The number of carbonyl (C=O) groups is 5. The monoisotopic (exact) mass is 632 g/mol. The first-order chi connectivity index (χ1) is 22.0. The average molecular weight is 633 g/mol. The maximum Gasteiger partial charge on any atom is 0.326 e. The number of H-pyrrole nitrogens is 2. The lowest BCUT2D eigenvalue weighted by molar-refractivity contribution is -0.142. The summed E-state index contributed by atoms with van der Waals surface area (Å²) in [4.78, 5) is 73.5. The first-order valence-corrected chi connectivity index (χ1v) is 14.5. The molecule has 11 N–H and O–H groups in total. The number of fused-ring (bicyclic) bond motifs is 1. The van der Waals surface area contributed by atoms with Gasteiger partial charge in [-0.25, -0.2) is 9.78 Å². The number of nitrogens with two attached hydrogens (primary N) is 2. The molecule has 4 unspecified atom stereocenters. The molecule has 4 atom stereocenters. The molecule has 0 bridgehead atoms. The van der Waals surface area contributed by atoms with E-state index in [2.05, 4.69) is 30.9 Å². The minimum Gasteiger partial charge on any atom is -0.508 e. The van der Waals surface area contributed by atoms with Crippen molar-refractivity contribution in [3.05, 3.63) is 84.1 Å². The number of imidazole rings is 1. The fraction of sp³-hybridized carbons (Fsp3) is 0.290. The maximum absolute atomic E-state index is 13.9. The molecular formula is C31H36N8O7. The van der Waals surface area contributed by atoms with Crippen molar-refractivity contribution in [3.8, 4) is 5.75 Å². The zero-order chi connectivity index (χ0) is 33.2. The normalized spacial score (nSPS) is 13.7. The molecule has 0 aliphatic rings. The Balaban J connectivity index is 1.59. The zero-order valence-corrected chi connectivity index (χ0v) is 24.7. The molecule has 4 amide bonds. The highest BCUT2D eigenvalue weighted by molar-refractivity contribution is 5.95. The van der Waals surface area contributed by atoms with Gasteiger partial charge >= 0.3 is 5.97 Å². The lowest BCUT2D eigenvalue weighted by atomic mass is 10.0. The maximum atomic E-state index is 13.9. The molecule has 0 fully saturated rings. The first kappa shape index (κ1) is 33.2. The Morgan fingerprint density at radius 2 is 1.48 bits per heavy atom. The van der Waals surface area contributed by atoms with E-state index in [0.29, 0.717) is 16.8 Å². The number of aromatic hydroxyl groups is 1. The van der Waals surface area contributed by atoms with Gasteiger partial charge < -0.3 is 47.6 Å². The molecule has 2 aromatic heterocycles. The number of amides is 4. The van der Waals surface area contributed by atoms with Crippen LogP contribution in [0.3, 0.4) is 0 Å². The van der Waals surface area contributed by atoms with Crippen molar-refractivity contribution in [2.75, 3.05) is 0 Å². The smallest absolute Gasteiger partial charge is 0.326 e. The van der Waals surface area contributed by atoms with Crippen molar-refractivity contribution in [1.29, 1.82) is 0 Å². The van der Waals surface area contributed by atoms with Gasteiger partial charge in [0, 0.05) is 54.7 Å². The van der Waals surface area contributed by atoms with Gasteiger partial charge in [-0.05, 0) is 35.7 Å². The number of aromatic nitrogens is 3.